The first kappa shape index (κ1) is 30.2. The van der Waals surface area contributed by atoms with Crippen LogP contribution in [0.4, 0.5) is 26.3 Å². The minimum Gasteiger partial charge on any atom is -0.484 e. The molecule has 1 heterocycles. The summed E-state index contributed by atoms with van der Waals surface area (Å²) in [5.41, 5.74) is 4.91. The standard InChI is InChI=1S/C25H23F6N3O6/c26-24(27,28)13-40-21(36)8-7-19(22(32)37)34-11-15-9-16(5-6-17(15)23(34)38)39-12-20(35)33-10-14-3-1-2-4-18(14)25(29,30)31/h1-6,9,19H,7-8,10-13H2,(H2,32,37)(H,33,35). The summed E-state index contributed by atoms with van der Waals surface area (Å²) in [7, 11) is 0. The van der Waals surface area contributed by atoms with E-state index in [2.05, 4.69) is 10.1 Å². The fourth-order valence-corrected chi connectivity index (χ4v) is 3.95. The number of esters is 1. The number of hydrogen-bond acceptors (Lipinski definition) is 6. The van der Waals surface area contributed by atoms with Crippen molar-refractivity contribution < 1.29 is 55.0 Å². The predicted octanol–water partition coefficient (Wildman–Crippen LogP) is 3.10. The second-order valence-electron chi connectivity index (χ2n) is 8.71. The number of rotatable bonds is 11. The highest BCUT2D eigenvalue weighted by Crippen LogP contribution is 2.32. The van der Waals surface area contributed by atoms with Crippen LogP contribution in [0.15, 0.2) is 42.5 Å². The molecule has 3 N–H and O–H groups in total. The number of alkyl halides is 6. The lowest BCUT2D eigenvalue weighted by Gasteiger charge is -2.24. The average molecular weight is 575 g/mol. The van der Waals surface area contributed by atoms with Crippen molar-refractivity contribution in [1.82, 2.24) is 10.2 Å². The maximum absolute atomic E-state index is 13.1. The third kappa shape index (κ3) is 8.10. The normalized spacial score (nSPS) is 13.9. The van der Waals surface area contributed by atoms with Gasteiger partial charge in [-0.1, -0.05) is 18.2 Å². The smallest absolute Gasteiger partial charge is 0.422 e. The van der Waals surface area contributed by atoms with Gasteiger partial charge in [0.05, 0.1) is 5.56 Å². The SMILES string of the molecule is NC(=O)C(CCC(=O)OCC(F)(F)F)N1Cc2cc(OCC(=O)NCc3ccccc3C(F)(F)F)ccc2C1=O. The molecule has 9 nitrogen and oxygen atoms in total. The first-order valence-corrected chi connectivity index (χ1v) is 11.7. The van der Waals surface area contributed by atoms with E-state index in [4.69, 9.17) is 10.5 Å². The molecule has 3 amide bonds. The Labute approximate surface area is 223 Å². The Balaban J connectivity index is 1.56. The van der Waals surface area contributed by atoms with Crippen molar-refractivity contribution in [2.45, 2.75) is 44.3 Å². The maximum Gasteiger partial charge on any atom is 0.422 e. The van der Waals surface area contributed by atoms with Crippen LogP contribution in [0.1, 0.15) is 39.9 Å². The van der Waals surface area contributed by atoms with Gasteiger partial charge in [0, 0.05) is 25.1 Å². The van der Waals surface area contributed by atoms with Gasteiger partial charge in [0.15, 0.2) is 13.2 Å². The second-order valence-corrected chi connectivity index (χ2v) is 8.71. The Hall–Kier alpha value is -4.30. The maximum atomic E-state index is 13.1. The molecule has 0 spiro atoms. The van der Waals surface area contributed by atoms with Crippen molar-refractivity contribution in [3.05, 3.63) is 64.7 Å². The highest BCUT2D eigenvalue weighted by atomic mass is 19.4. The Bertz CT molecular complexity index is 1280. The third-order valence-corrected chi connectivity index (χ3v) is 5.80. The van der Waals surface area contributed by atoms with Gasteiger partial charge in [-0.15, -0.1) is 0 Å². The van der Waals surface area contributed by atoms with Gasteiger partial charge >= 0.3 is 18.3 Å². The molecule has 2 aromatic carbocycles. The number of amides is 3. The van der Waals surface area contributed by atoms with E-state index in [1.54, 1.807) is 0 Å². The molecule has 2 aromatic rings. The number of halogens is 6. The Kier molecular flexibility index (Phi) is 9.27. The van der Waals surface area contributed by atoms with Gasteiger partial charge in [0.25, 0.3) is 11.8 Å². The number of ether oxygens (including phenoxy) is 2. The number of nitrogens with zero attached hydrogens (tertiary/aromatic N) is 1. The molecule has 0 radical (unpaired) electrons. The molecule has 216 valence electrons. The zero-order chi connectivity index (χ0) is 29.7. The largest absolute Gasteiger partial charge is 0.484 e. The van der Waals surface area contributed by atoms with E-state index >= 15 is 0 Å². The predicted molar refractivity (Wildman–Crippen MR) is 124 cm³/mol. The molecule has 3 rings (SSSR count). The van der Waals surface area contributed by atoms with Crippen LogP contribution in [0.2, 0.25) is 0 Å². The van der Waals surface area contributed by atoms with Gasteiger partial charge in [-0.2, -0.15) is 26.3 Å². The van der Waals surface area contributed by atoms with Crippen LogP contribution in [0, 0.1) is 0 Å². The molecular formula is C25H23F6N3O6. The van der Waals surface area contributed by atoms with E-state index in [9.17, 15) is 45.5 Å². The summed E-state index contributed by atoms with van der Waals surface area (Å²) in [4.78, 5) is 49.6. The minimum atomic E-state index is -4.72. The molecule has 0 aliphatic carbocycles. The first-order chi connectivity index (χ1) is 18.7. The lowest BCUT2D eigenvalue weighted by atomic mass is 10.1. The van der Waals surface area contributed by atoms with Crippen molar-refractivity contribution >= 4 is 23.7 Å². The first-order valence-electron chi connectivity index (χ1n) is 11.7. The quantitative estimate of drug-likeness (QED) is 0.313. The Morgan fingerprint density at radius 2 is 1.75 bits per heavy atom. The summed E-state index contributed by atoms with van der Waals surface area (Å²) in [6.07, 6.45) is -10.3. The molecule has 0 aromatic heterocycles. The number of nitrogens with two attached hydrogens (primary N) is 1. The number of benzene rings is 2. The molecule has 0 saturated carbocycles. The van der Waals surface area contributed by atoms with Gasteiger partial charge in [0.1, 0.15) is 11.8 Å². The average Bonchev–Trinajstić information content (AvgIpc) is 3.19. The lowest BCUT2D eigenvalue weighted by Crippen LogP contribution is -2.45. The number of carbonyl (C=O) groups is 4. The summed E-state index contributed by atoms with van der Waals surface area (Å²) < 4.78 is 85.4. The molecule has 1 aliphatic heterocycles. The molecular weight excluding hydrogens is 552 g/mol. The van der Waals surface area contributed by atoms with Crippen LogP contribution in [0.25, 0.3) is 0 Å². The summed E-state index contributed by atoms with van der Waals surface area (Å²) >= 11 is 0. The molecule has 0 saturated heterocycles. The molecule has 1 unspecified atom stereocenters. The van der Waals surface area contributed by atoms with Crippen molar-refractivity contribution in [3.8, 4) is 5.75 Å². The van der Waals surface area contributed by atoms with Gasteiger partial charge in [-0.3, -0.25) is 19.2 Å². The molecule has 1 atom stereocenters. The summed E-state index contributed by atoms with van der Waals surface area (Å²) in [5.74, 6) is -3.38. The van der Waals surface area contributed by atoms with Crippen LogP contribution < -0.4 is 15.8 Å². The van der Waals surface area contributed by atoms with Crippen molar-refractivity contribution in [2.75, 3.05) is 13.2 Å². The van der Waals surface area contributed by atoms with Gasteiger partial charge in [-0.05, 0) is 41.8 Å². The Morgan fingerprint density at radius 3 is 2.40 bits per heavy atom. The number of carbonyl (C=O) groups excluding carboxylic acids is 4. The number of fused-ring (bicyclic) bond motifs is 1. The third-order valence-electron chi connectivity index (χ3n) is 5.80. The van der Waals surface area contributed by atoms with Crippen molar-refractivity contribution in [3.63, 3.8) is 0 Å². The highest BCUT2D eigenvalue weighted by Gasteiger charge is 2.37. The van der Waals surface area contributed by atoms with Crippen LogP contribution in [0.3, 0.4) is 0 Å². The van der Waals surface area contributed by atoms with Gasteiger partial charge in [0.2, 0.25) is 5.91 Å². The number of primary amides is 1. The molecule has 40 heavy (non-hydrogen) atoms. The monoisotopic (exact) mass is 575 g/mol. The molecule has 15 heteroatoms. The highest BCUT2D eigenvalue weighted by molar-refractivity contribution is 6.01. The van der Waals surface area contributed by atoms with E-state index < -0.39 is 67.3 Å². The number of hydrogen-bond donors (Lipinski definition) is 2. The fraction of sp³-hybridized carbons (Fsp3) is 0.360. The van der Waals surface area contributed by atoms with E-state index in [0.29, 0.717) is 5.56 Å². The summed E-state index contributed by atoms with van der Waals surface area (Å²) in [6.45, 7) is -2.86. The zero-order valence-corrected chi connectivity index (χ0v) is 20.6. The van der Waals surface area contributed by atoms with Crippen LogP contribution >= 0.6 is 0 Å². The summed E-state index contributed by atoms with van der Waals surface area (Å²) in [6, 6.07) is 7.59. The van der Waals surface area contributed by atoms with E-state index in [0.717, 1.165) is 11.0 Å². The summed E-state index contributed by atoms with van der Waals surface area (Å²) in [5, 5.41) is 2.34. The van der Waals surface area contributed by atoms with Crippen LogP contribution in [-0.4, -0.2) is 54.0 Å². The van der Waals surface area contributed by atoms with Gasteiger partial charge < -0.3 is 25.4 Å². The van der Waals surface area contributed by atoms with Crippen molar-refractivity contribution in [1.29, 1.82) is 0 Å². The zero-order valence-electron chi connectivity index (χ0n) is 20.6. The van der Waals surface area contributed by atoms with E-state index in [-0.39, 0.29) is 36.4 Å². The molecule has 0 fully saturated rings. The Morgan fingerprint density at radius 1 is 1.05 bits per heavy atom. The topological polar surface area (TPSA) is 128 Å². The van der Waals surface area contributed by atoms with Crippen LogP contribution in [0.5, 0.6) is 5.75 Å². The molecule has 1 aliphatic rings. The van der Waals surface area contributed by atoms with E-state index in [1.807, 2.05) is 0 Å². The fourth-order valence-electron chi connectivity index (χ4n) is 3.95. The van der Waals surface area contributed by atoms with E-state index in [1.165, 1.54) is 36.4 Å². The van der Waals surface area contributed by atoms with Crippen molar-refractivity contribution in [2.24, 2.45) is 5.73 Å². The second kappa shape index (κ2) is 12.3. The minimum absolute atomic E-state index is 0.128. The number of nitrogens with one attached hydrogen (secondary N) is 1. The lowest BCUT2D eigenvalue weighted by molar-refractivity contribution is -0.186. The van der Waals surface area contributed by atoms with Crippen LogP contribution in [-0.2, 0) is 38.4 Å². The molecule has 0 bridgehead atoms. The van der Waals surface area contributed by atoms with Gasteiger partial charge in [-0.25, -0.2) is 0 Å².